The molecule has 0 aliphatic carbocycles. The van der Waals surface area contributed by atoms with Crippen LogP contribution in [0.4, 0.5) is 5.69 Å². The van der Waals surface area contributed by atoms with Crippen LogP contribution in [0.15, 0.2) is 42.5 Å². The molecule has 0 saturated carbocycles. The first-order valence-corrected chi connectivity index (χ1v) is 11.9. The predicted molar refractivity (Wildman–Crippen MR) is 119 cm³/mol. The molecule has 2 aromatic carbocycles. The number of aliphatic hydroxyl groups is 1. The molecule has 2 N–H and O–H groups in total. The number of benzene rings is 2. The minimum absolute atomic E-state index is 0.103. The van der Waals surface area contributed by atoms with Crippen LogP contribution in [0.3, 0.4) is 0 Å². The van der Waals surface area contributed by atoms with Crippen LogP contribution < -0.4 is 18.5 Å². The highest BCUT2D eigenvalue weighted by atomic mass is 32.2. The summed E-state index contributed by atoms with van der Waals surface area (Å²) >= 11 is 0. The van der Waals surface area contributed by atoms with Crippen LogP contribution in [0, 0.1) is 0 Å². The maximum absolute atomic E-state index is 12.7. The number of para-hydroxylation sites is 1. The molecular formula is C22H29N3O5S. The van der Waals surface area contributed by atoms with Crippen LogP contribution in [0.25, 0.3) is 0 Å². The Morgan fingerprint density at radius 1 is 1.10 bits per heavy atom. The second-order valence-corrected chi connectivity index (χ2v) is 9.54. The van der Waals surface area contributed by atoms with Crippen molar-refractivity contribution in [1.82, 2.24) is 9.62 Å². The number of rotatable bonds is 6. The van der Waals surface area contributed by atoms with Gasteiger partial charge in [0.2, 0.25) is 0 Å². The van der Waals surface area contributed by atoms with Crippen LogP contribution in [0.5, 0.6) is 11.5 Å². The van der Waals surface area contributed by atoms with E-state index in [0.717, 1.165) is 16.8 Å². The highest BCUT2D eigenvalue weighted by Crippen LogP contribution is 2.33. The average molecular weight is 448 g/mol. The van der Waals surface area contributed by atoms with E-state index in [9.17, 15) is 13.5 Å². The average Bonchev–Trinajstić information content (AvgIpc) is 2.79. The first-order chi connectivity index (χ1) is 14.9. The summed E-state index contributed by atoms with van der Waals surface area (Å²) in [5.41, 5.74) is 2.52. The minimum atomic E-state index is -3.54. The standard InChI is InChI=1S/C22H29N3O5S/c1-29-21-8-7-16(13-22(21)30-2)20(26)15-24-11-9-18(10-12-24)25-19-6-4-3-5-17(19)14-23-31(25,27)28/h3-8,13,18,20,23,26H,9-12,14-15H2,1-2H3. The van der Waals surface area contributed by atoms with E-state index >= 15 is 0 Å². The zero-order valence-electron chi connectivity index (χ0n) is 17.8. The summed E-state index contributed by atoms with van der Waals surface area (Å²) in [6, 6.07) is 12.9. The van der Waals surface area contributed by atoms with Crippen molar-refractivity contribution in [1.29, 1.82) is 0 Å². The van der Waals surface area contributed by atoms with Gasteiger partial charge in [-0.15, -0.1) is 0 Å². The van der Waals surface area contributed by atoms with Crippen molar-refractivity contribution in [2.24, 2.45) is 0 Å². The van der Waals surface area contributed by atoms with Gasteiger partial charge in [-0.1, -0.05) is 24.3 Å². The van der Waals surface area contributed by atoms with Crippen LogP contribution >= 0.6 is 0 Å². The van der Waals surface area contributed by atoms with Crippen LogP contribution in [-0.4, -0.2) is 58.3 Å². The molecule has 0 radical (unpaired) electrons. The number of piperidine rings is 1. The van der Waals surface area contributed by atoms with Crippen molar-refractivity contribution in [3.8, 4) is 11.5 Å². The van der Waals surface area contributed by atoms with Crippen molar-refractivity contribution in [3.63, 3.8) is 0 Å². The summed E-state index contributed by atoms with van der Waals surface area (Å²) < 4.78 is 40.3. The summed E-state index contributed by atoms with van der Waals surface area (Å²) in [6.07, 6.45) is 0.736. The van der Waals surface area contributed by atoms with Gasteiger partial charge < -0.3 is 19.5 Å². The van der Waals surface area contributed by atoms with Gasteiger partial charge in [-0.25, -0.2) is 0 Å². The molecule has 2 aromatic rings. The largest absolute Gasteiger partial charge is 0.493 e. The van der Waals surface area contributed by atoms with Gasteiger partial charge in [0.15, 0.2) is 11.5 Å². The lowest BCUT2D eigenvalue weighted by Crippen LogP contribution is -2.53. The number of anilines is 1. The molecule has 0 aromatic heterocycles. The molecule has 168 valence electrons. The van der Waals surface area contributed by atoms with E-state index in [1.165, 1.54) is 0 Å². The Hall–Kier alpha value is -2.33. The molecular weight excluding hydrogens is 418 g/mol. The summed E-state index contributed by atoms with van der Waals surface area (Å²) in [4.78, 5) is 2.17. The van der Waals surface area contributed by atoms with E-state index < -0.39 is 16.3 Å². The van der Waals surface area contributed by atoms with E-state index in [1.807, 2.05) is 30.3 Å². The fraction of sp³-hybridized carbons (Fsp3) is 0.455. The van der Waals surface area contributed by atoms with E-state index in [1.54, 1.807) is 30.7 Å². The first kappa shape index (κ1) is 21.9. The highest BCUT2D eigenvalue weighted by molar-refractivity contribution is 7.91. The van der Waals surface area contributed by atoms with E-state index in [-0.39, 0.29) is 6.04 Å². The van der Waals surface area contributed by atoms with Crippen molar-refractivity contribution in [3.05, 3.63) is 53.6 Å². The molecule has 8 nitrogen and oxygen atoms in total. The second-order valence-electron chi connectivity index (χ2n) is 7.91. The maximum atomic E-state index is 12.7. The summed E-state index contributed by atoms with van der Waals surface area (Å²) in [6.45, 7) is 2.22. The number of methoxy groups -OCH3 is 2. The molecule has 31 heavy (non-hydrogen) atoms. The summed E-state index contributed by atoms with van der Waals surface area (Å²) in [5.74, 6) is 1.20. The lowest BCUT2D eigenvalue weighted by Gasteiger charge is -2.41. The maximum Gasteiger partial charge on any atom is 0.302 e. The summed E-state index contributed by atoms with van der Waals surface area (Å²) in [7, 11) is -0.397. The van der Waals surface area contributed by atoms with Gasteiger partial charge in [0, 0.05) is 32.2 Å². The molecule has 2 heterocycles. The SMILES string of the molecule is COc1ccc(C(O)CN2CCC(N3c4ccccc4CNS3(=O)=O)CC2)cc1OC. The highest BCUT2D eigenvalue weighted by Gasteiger charge is 2.36. The van der Waals surface area contributed by atoms with E-state index in [0.29, 0.717) is 50.5 Å². The van der Waals surface area contributed by atoms with Crippen LogP contribution in [-0.2, 0) is 16.8 Å². The molecule has 1 atom stereocenters. The van der Waals surface area contributed by atoms with Gasteiger partial charge in [0.25, 0.3) is 0 Å². The quantitative estimate of drug-likeness (QED) is 0.704. The van der Waals surface area contributed by atoms with E-state index in [4.69, 9.17) is 9.47 Å². The number of hydrogen-bond donors (Lipinski definition) is 2. The predicted octanol–water partition coefficient (Wildman–Crippen LogP) is 2.06. The molecule has 2 aliphatic rings. The zero-order valence-corrected chi connectivity index (χ0v) is 18.6. The Kier molecular flexibility index (Phi) is 6.38. The van der Waals surface area contributed by atoms with Gasteiger partial charge in [0.05, 0.1) is 26.0 Å². The monoisotopic (exact) mass is 447 g/mol. The molecule has 4 rings (SSSR count). The Morgan fingerprint density at radius 2 is 1.81 bits per heavy atom. The number of nitrogens with zero attached hydrogens (tertiary/aromatic N) is 2. The Labute approximate surface area is 183 Å². The molecule has 2 aliphatic heterocycles. The van der Waals surface area contributed by atoms with Gasteiger partial charge >= 0.3 is 10.2 Å². The number of nitrogens with one attached hydrogen (secondary N) is 1. The minimum Gasteiger partial charge on any atom is -0.493 e. The van der Waals surface area contributed by atoms with Crippen molar-refractivity contribution >= 4 is 15.9 Å². The molecule has 1 fully saturated rings. The Bertz CT molecular complexity index is 1020. The lowest BCUT2D eigenvalue weighted by molar-refractivity contribution is 0.0977. The van der Waals surface area contributed by atoms with Crippen molar-refractivity contribution < 1.29 is 23.0 Å². The number of likely N-dealkylation sites (tertiary alicyclic amines) is 1. The van der Waals surface area contributed by atoms with Crippen molar-refractivity contribution in [2.45, 2.75) is 31.5 Å². The third-order valence-electron chi connectivity index (χ3n) is 6.05. The molecule has 9 heteroatoms. The van der Waals surface area contributed by atoms with Gasteiger partial charge in [-0.2, -0.15) is 13.1 Å². The number of aliphatic hydroxyl groups excluding tert-OH is 1. The topological polar surface area (TPSA) is 91.3 Å². The number of hydrogen-bond acceptors (Lipinski definition) is 6. The van der Waals surface area contributed by atoms with E-state index in [2.05, 4.69) is 9.62 Å². The first-order valence-electron chi connectivity index (χ1n) is 10.4. The third-order valence-corrected chi connectivity index (χ3v) is 7.57. The number of β-amino-alcohol motifs (C(OH)–C–C–N with tert-alkyl or cyclic N) is 1. The Morgan fingerprint density at radius 3 is 2.52 bits per heavy atom. The third kappa shape index (κ3) is 4.50. The molecule has 1 saturated heterocycles. The van der Waals surface area contributed by atoms with Crippen LogP contribution in [0.2, 0.25) is 0 Å². The summed E-state index contributed by atoms with van der Waals surface area (Å²) in [5, 5.41) is 10.7. The number of fused-ring (bicyclic) bond motifs is 1. The molecule has 1 unspecified atom stereocenters. The zero-order chi connectivity index (χ0) is 22.0. The van der Waals surface area contributed by atoms with Gasteiger partial charge in [0.1, 0.15) is 0 Å². The normalized spacial score (nSPS) is 20.2. The smallest absolute Gasteiger partial charge is 0.302 e. The number of ether oxygens (including phenoxy) is 2. The second kappa shape index (κ2) is 9.04. The fourth-order valence-corrected chi connectivity index (χ4v) is 5.90. The molecule has 0 bridgehead atoms. The van der Waals surface area contributed by atoms with Crippen LogP contribution in [0.1, 0.15) is 30.1 Å². The van der Waals surface area contributed by atoms with Crippen molar-refractivity contribution in [2.75, 3.05) is 38.2 Å². The lowest BCUT2D eigenvalue weighted by atomic mass is 10.0. The fourth-order valence-electron chi connectivity index (χ4n) is 4.38. The molecule has 0 spiro atoms. The van der Waals surface area contributed by atoms with Gasteiger partial charge in [-0.05, 0) is 42.2 Å². The van der Waals surface area contributed by atoms with Gasteiger partial charge in [-0.3, -0.25) is 4.31 Å². The molecule has 0 amide bonds. The Balaban J connectivity index is 1.41.